The van der Waals surface area contributed by atoms with Crippen LogP contribution >= 0.6 is 11.6 Å². The van der Waals surface area contributed by atoms with E-state index in [9.17, 15) is 24.1 Å². The lowest BCUT2D eigenvalue weighted by molar-refractivity contribution is -0.180. The second kappa shape index (κ2) is 8.42. The monoisotopic (exact) mass is 528 g/mol. The van der Waals surface area contributed by atoms with Gasteiger partial charge in [0.15, 0.2) is 5.82 Å². The number of ether oxygens (including phenoxy) is 1. The Bertz CT molecular complexity index is 1500. The highest BCUT2D eigenvalue weighted by Crippen LogP contribution is 2.48. The van der Waals surface area contributed by atoms with Crippen LogP contribution < -0.4 is 4.74 Å². The van der Waals surface area contributed by atoms with Gasteiger partial charge >= 0.3 is 6.61 Å². The van der Waals surface area contributed by atoms with E-state index in [-0.39, 0.29) is 30.8 Å². The summed E-state index contributed by atoms with van der Waals surface area (Å²) < 4.78 is 32.8. The number of aliphatic hydroxyl groups excluding tert-OH is 1. The highest BCUT2D eigenvalue weighted by atomic mass is 35.5. The van der Waals surface area contributed by atoms with Gasteiger partial charge in [0, 0.05) is 59.1 Å². The van der Waals surface area contributed by atoms with Crippen LogP contribution in [0.15, 0.2) is 48.9 Å². The molecule has 2 aliphatic carbocycles. The van der Waals surface area contributed by atoms with E-state index in [2.05, 4.69) is 15.0 Å². The van der Waals surface area contributed by atoms with E-state index >= 15 is 0 Å². The summed E-state index contributed by atoms with van der Waals surface area (Å²) in [6.07, 6.45) is 4.71. The molecule has 2 atom stereocenters. The van der Waals surface area contributed by atoms with Crippen molar-refractivity contribution in [3.05, 3.63) is 76.7 Å². The van der Waals surface area contributed by atoms with Crippen molar-refractivity contribution in [1.82, 2.24) is 19.4 Å². The average molecular weight is 529 g/mol. The molecule has 3 aromatic heterocycles. The van der Waals surface area contributed by atoms with Crippen LogP contribution in [0.2, 0.25) is 5.02 Å². The van der Waals surface area contributed by atoms with Crippen LogP contribution in [0.25, 0.3) is 16.8 Å². The Balaban J connectivity index is 1.39. The summed E-state index contributed by atoms with van der Waals surface area (Å²) in [5.41, 5.74) is 1.40. The summed E-state index contributed by atoms with van der Waals surface area (Å²) >= 11 is 6.19. The number of benzene rings is 1. The fourth-order valence-corrected chi connectivity index (χ4v) is 5.82. The Morgan fingerprint density at radius 2 is 1.84 bits per heavy atom. The molecule has 37 heavy (non-hydrogen) atoms. The Hall–Kier alpha value is -3.18. The van der Waals surface area contributed by atoms with Gasteiger partial charge in [-0.1, -0.05) is 11.6 Å². The lowest BCUT2D eigenvalue weighted by atomic mass is 9.68. The Labute approximate surface area is 215 Å². The molecule has 6 rings (SSSR count). The second-order valence-electron chi connectivity index (χ2n) is 10.1. The van der Waals surface area contributed by atoms with Crippen LogP contribution in [-0.4, -0.2) is 46.9 Å². The van der Waals surface area contributed by atoms with Gasteiger partial charge in [0.2, 0.25) is 0 Å². The largest absolute Gasteiger partial charge is 0.435 e. The van der Waals surface area contributed by atoms with Crippen molar-refractivity contribution in [2.75, 3.05) is 0 Å². The summed E-state index contributed by atoms with van der Waals surface area (Å²) in [6, 6.07) is 8.08. The molecule has 0 amide bonds. The fraction of sp³-hybridized carbons (Fsp3) is 0.346. The molecule has 0 bridgehead atoms. The van der Waals surface area contributed by atoms with E-state index in [4.69, 9.17) is 16.3 Å². The minimum atomic E-state index is -3.01. The number of nitrogens with zero attached hydrogens (tertiary/aromatic N) is 4. The first kappa shape index (κ1) is 24.2. The van der Waals surface area contributed by atoms with Gasteiger partial charge < -0.3 is 24.5 Å². The van der Waals surface area contributed by atoms with Gasteiger partial charge in [0.25, 0.3) is 0 Å². The predicted octanol–water partition coefficient (Wildman–Crippen LogP) is 4.35. The zero-order chi connectivity index (χ0) is 26.1. The van der Waals surface area contributed by atoms with Gasteiger partial charge in [-0.15, -0.1) is 0 Å². The van der Waals surface area contributed by atoms with E-state index in [1.54, 1.807) is 31.5 Å². The molecule has 0 spiro atoms. The third-order valence-electron chi connectivity index (χ3n) is 7.10. The molecule has 3 N–H and O–H groups in total. The van der Waals surface area contributed by atoms with Crippen LogP contribution in [0.5, 0.6) is 5.75 Å². The van der Waals surface area contributed by atoms with E-state index in [0.29, 0.717) is 33.2 Å². The Morgan fingerprint density at radius 3 is 2.51 bits per heavy atom. The predicted molar refractivity (Wildman–Crippen MR) is 129 cm³/mol. The zero-order valence-electron chi connectivity index (χ0n) is 19.6. The molecule has 8 nitrogen and oxygen atoms in total. The second-order valence-corrected chi connectivity index (χ2v) is 10.5. The molecule has 11 heteroatoms. The van der Waals surface area contributed by atoms with Gasteiger partial charge in [-0.2, -0.15) is 8.78 Å². The molecule has 0 saturated heterocycles. The summed E-state index contributed by atoms with van der Waals surface area (Å²) in [4.78, 5) is 13.3. The maximum absolute atomic E-state index is 13.1. The van der Waals surface area contributed by atoms with Crippen molar-refractivity contribution in [3.63, 3.8) is 0 Å². The van der Waals surface area contributed by atoms with Gasteiger partial charge in [-0.3, -0.25) is 0 Å². The molecule has 192 valence electrons. The van der Waals surface area contributed by atoms with Crippen LogP contribution in [0.4, 0.5) is 8.78 Å². The number of alkyl halides is 2. The Kier molecular flexibility index (Phi) is 5.50. The van der Waals surface area contributed by atoms with Gasteiger partial charge in [-0.05, 0) is 43.7 Å². The van der Waals surface area contributed by atoms with Crippen molar-refractivity contribution in [3.8, 4) is 16.9 Å². The van der Waals surface area contributed by atoms with Crippen molar-refractivity contribution in [2.45, 2.75) is 56.0 Å². The van der Waals surface area contributed by atoms with Crippen LogP contribution in [0.3, 0.4) is 0 Å². The molecule has 0 radical (unpaired) electrons. The average Bonchev–Trinajstić information content (AvgIpc) is 3.36. The first-order chi connectivity index (χ1) is 17.5. The summed E-state index contributed by atoms with van der Waals surface area (Å²) in [7, 11) is 0. The summed E-state index contributed by atoms with van der Waals surface area (Å²) in [5, 5.41) is 31.8. The number of aliphatic hydroxyl groups is 3. The van der Waals surface area contributed by atoms with Gasteiger partial charge in [0.05, 0.1) is 23.1 Å². The smallest absolute Gasteiger partial charge is 0.387 e. The lowest BCUT2D eigenvalue weighted by Crippen LogP contribution is -2.53. The highest BCUT2D eigenvalue weighted by molar-refractivity contribution is 6.30. The standard InChI is InChI=1S/C26H23ClF2N4O4/c1-25(35)11-26(36,12-25)23-30-8-14(9-31-23)13-2-5-20-32-21-18(34)7-17(22(21)33(20)10-13)16-6-15(27)3-4-19(16)37-24(28)29/h2-6,8-10,17-18,24,34-36H,7,11-12H2,1H3/t17-,18-,25?,26?/m1/s1. The van der Waals surface area contributed by atoms with Crippen molar-refractivity contribution in [2.24, 2.45) is 0 Å². The minimum Gasteiger partial charge on any atom is -0.435 e. The number of fused-ring (bicyclic) bond motifs is 3. The molecular weight excluding hydrogens is 506 g/mol. The number of hydrogen-bond acceptors (Lipinski definition) is 7. The normalized spacial score (nSPS) is 26.9. The molecule has 1 aromatic carbocycles. The topological polar surface area (TPSA) is 113 Å². The number of hydrogen-bond donors (Lipinski definition) is 3. The summed E-state index contributed by atoms with van der Waals surface area (Å²) in [5.74, 6) is -0.238. The maximum Gasteiger partial charge on any atom is 0.387 e. The highest BCUT2D eigenvalue weighted by Gasteiger charge is 2.53. The van der Waals surface area contributed by atoms with E-state index in [1.165, 1.54) is 12.1 Å². The number of aromatic nitrogens is 4. The molecule has 1 saturated carbocycles. The van der Waals surface area contributed by atoms with E-state index in [0.717, 1.165) is 5.56 Å². The van der Waals surface area contributed by atoms with Gasteiger partial charge in [-0.25, -0.2) is 15.0 Å². The third-order valence-corrected chi connectivity index (χ3v) is 7.33. The van der Waals surface area contributed by atoms with Gasteiger partial charge in [0.1, 0.15) is 17.0 Å². The van der Waals surface area contributed by atoms with E-state index in [1.807, 2.05) is 16.7 Å². The fourth-order valence-electron chi connectivity index (χ4n) is 5.64. The molecular formula is C26H23ClF2N4O4. The van der Waals surface area contributed by atoms with Crippen molar-refractivity contribution < 1.29 is 28.8 Å². The first-order valence-electron chi connectivity index (χ1n) is 11.7. The number of imidazole rings is 1. The van der Waals surface area contributed by atoms with Crippen molar-refractivity contribution in [1.29, 1.82) is 0 Å². The molecule has 1 fully saturated rings. The zero-order valence-corrected chi connectivity index (χ0v) is 20.4. The molecule has 3 heterocycles. The van der Waals surface area contributed by atoms with E-state index < -0.39 is 29.8 Å². The molecule has 2 aliphatic rings. The van der Waals surface area contributed by atoms with Crippen LogP contribution in [0.1, 0.15) is 61.0 Å². The first-order valence-corrected chi connectivity index (χ1v) is 12.1. The van der Waals surface area contributed by atoms with Crippen LogP contribution in [-0.2, 0) is 5.60 Å². The van der Waals surface area contributed by atoms with Crippen molar-refractivity contribution >= 4 is 17.2 Å². The summed E-state index contributed by atoms with van der Waals surface area (Å²) in [6.45, 7) is -1.35. The molecule has 0 unspecified atom stereocenters. The molecule has 0 aliphatic heterocycles. The quantitative estimate of drug-likeness (QED) is 0.353. The maximum atomic E-state index is 13.1. The number of halogens is 3. The minimum absolute atomic E-state index is 0.00699. The Morgan fingerprint density at radius 1 is 1.11 bits per heavy atom. The van der Waals surface area contributed by atoms with Crippen LogP contribution in [0, 0.1) is 0 Å². The lowest BCUT2D eigenvalue weighted by Gasteiger charge is -2.46. The number of rotatable bonds is 5. The third kappa shape index (κ3) is 4.14. The SMILES string of the molecule is CC1(O)CC(O)(c2ncc(-c3ccc4nc5c(n4c3)[C@@H](c3cc(Cl)ccc3OC(F)F)C[C@H]5O)cn2)C1. The molecule has 4 aromatic rings. The number of pyridine rings is 1.